The largest absolute Gasteiger partial charge is 0.495 e. The highest BCUT2D eigenvalue weighted by molar-refractivity contribution is 6.02. The fraction of sp³-hybridized carbons (Fsp3) is 0.280. The molecule has 1 saturated heterocycles. The van der Waals surface area contributed by atoms with Crippen molar-refractivity contribution < 1.29 is 19.4 Å². The number of likely N-dealkylation sites (tertiary alicyclic amines) is 1. The molecule has 1 unspecified atom stereocenters. The first-order chi connectivity index (χ1) is 16.0. The van der Waals surface area contributed by atoms with Crippen molar-refractivity contribution in [3.05, 3.63) is 83.2 Å². The standard InChI is InChI=1S/C25H27FN4O3/c1-17-14-29(16-27-17)22-10-5-18(13-24(22)33-2)12-20-4-3-11-30(25(20)28-32)23(15-31)19-6-8-21(26)9-7-19/h5-10,12-14,16,23,31-32H,3-4,11,15H2,1-2H3/b20-12+,28-25+. The fourth-order valence-electron chi connectivity index (χ4n) is 4.22. The van der Waals surface area contributed by atoms with Gasteiger partial charge in [0.05, 0.1) is 37.5 Å². The predicted molar refractivity (Wildman–Crippen MR) is 124 cm³/mol. The molecule has 172 valence electrons. The lowest BCUT2D eigenvalue weighted by molar-refractivity contribution is 0.170. The zero-order valence-corrected chi connectivity index (χ0v) is 18.6. The Morgan fingerprint density at radius 2 is 2.03 bits per heavy atom. The van der Waals surface area contributed by atoms with Crippen LogP contribution in [0.1, 0.15) is 35.7 Å². The Bertz CT molecular complexity index is 1170. The Morgan fingerprint density at radius 1 is 1.24 bits per heavy atom. The summed E-state index contributed by atoms with van der Waals surface area (Å²) >= 11 is 0. The smallest absolute Gasteiger partial charge is 0.171 e. The van der Waals surface area contributed by atoms with E-state index in [0.29, 0.717) is 18.1 Å². The van der Waals surface area contributed by atoms with E-state index in [0.717, 1.165) is 40.9 Å². The van der Waals surface area contributed by atoms with Crippen LogP contribution in [-0.2, 0) is 0 Å². The highest BCUT2D eigenvalue weighted by Crippen LogP contribution is 2.31. The van der Waals surface area contributed by atoms with Gasteiger partial charge in [0.1, 0.15) is 11.6 Å². The molecule has 4 rings (SSSR count). The summed E-state index contributed by atoms with van der Waals surface area (Å²) in [5, 5.41) is 23.5. The van der Waals surface area contributed by atoms with Gasteiger partial charge in [-0.2, -0.15) is 0 Å². The van der Waals surface area contributed by atoms with Crippen LogP contribution in [0.15, 0.2) is 65.7 Å². The van der Waals surface area contributed by atoms with Crippen molar-refractivity contribution in [3.63, 3.8) is 0 Å². The van der Waals surface area contributed by atoms with Crippen LogP contribution in [0.5, 0.6) is 5.75 Å². The maximum atomic E-state index is 13.4. The van der Waals surface area contributed by atoms with E-state index in [2.05, 4.69) is 10.1 Å². The third-order valence-electron chi connectivity index (χ3n) is 5.84. The molecule has 2 aromatic carbocycles. The molecule has 0 amide bonds. The molecule has 1 aromatic heterocycles. The van der Waals surface area contributed by atoms with Gasteiger partial charge in [-0.05, 0) is 66.8 Å². The SMILES string of the molecule is COc1cc(/C=C2\CCCN(C(CO)c3ccc(F)cc3)\C2=N\O)ccc1-n1cnc(C)c1. The maximum absolute atomic E-state index is 13.4. The molecule has 2 N–H and O–H groups in total. The molecule has 0 aliphatic carbocycles. The molecule has 33 heavy (non-hydrogen) atoms. The molecule has 1 fully saturated rings. The number of imidazole rings is 1. The molecule has 0 saturated carbocycles. The number of methoxy groups -OCH3 is 1. The number of oxime groups is 1. The van der Waals surface area contributed by atoms with Crippen LogP contribution >= 0.6 is 0 Å². The van der Waals surface area contributed by atoms with Gasteiger partial charge in [0.2, 0.25) is 0 Å². The number of aliphatic hydroxyl groups excluding tert-OH is 1. The summed E-state index contributed by atoms with van der Waals surface area (Å²) in [6.45, 7) is 2.35. The predicted octanol–water partition coefficient (Wildman–Crippen LogP) is 4.33. The number of amidine groups is 1. The molecule has 8 heteroatoms. The van der Waals surface area contributed by atoms with Crippen LogP contribution in [0.3, 0.4) is 0 Å². The lowest BCUT2D eigenvalue weighted by Gasteiger charge is -2.37. The van der Waals surface area contributed by atoms with E-state index in [1.807, 2.05) is 46.9 Å². The van der Waals surface area contributed by atoms with Crippen LogP contribution in [0.4, 0.5) is 4.39 Å². The minimum absolute atomic E-state index is 0.190. The number of hydrogen-bond donors (Lipinski definition) is 2. The van der Waals surface area contributed by atoms with E-state index in [4.69, 9.17) is 4.74 Å². The molecule has 0 bridgehead atoms. The number of aryl methyl sites for hydroxylation is 1. The topological polar surface area (TPSA) is 83.1 Å². The summed E-state index contributed by atoms with van der Waals surface area (Å²) in [4.78, 5) is 6.14. The molecule has 0 radical (unpaired) electrons. The van der Waals surface area contributed by atoms with Gasteiger partial charge < -0.3 is 24.5 Å². The Hall–Kier alpha value is -3.65. The van der Waals surface area contributed by atoms with Gasteiger partial charge in [-0.1, -0.05) is 23.4 Å². The molecular weight excluding hydrogens is 423 g/mol. The van der Waals surface area contributed by atoms with Gasteiger partial charge in [0.15, 0.2) is 5.84 Å². The van der Waals surface area contributed by atoms with Gasteiger partial charge in [0.25, 0.3) is 0 Å². The second kappa shape index (κ2) is 9.87. The molecule has 0 spiro atoms. The first-order valence-electron chi connectivity index (χ1n) is 10.8. The number of piperidine rings is 1. The van der Waals surface area contributed by atoms with Crippen molar-refractivity contribution in [2.75, 3.05) is 20.3 Å². The summed E-state index contributed by atoms with van der Waals surface area (Å²) in [7, 11) is 1.62. The third kappa shape index (κ3) is 4.75. The Kier molecular flexibility index (Phi) is 6.74. The number of aliphatic hydroxyl groups is 1. The summed E-state index contributed by atoms with van der Waals surface area (Å²) in [6, 6.07) is 11.4. The van der Waals surface area contributed by atoms with Gasteiger partial charge in [-0.25, -0.2) is 9.37 Å². The summed E-state index contributed by atoms with van der Waals surface area (Å²) in [5.41, 5.74) is 4.28. The van der Waals surface area contributed by atoms with Crippen molar-refractivity contribution >= 4 is 11.9 Å². The number of benzene rings is 2. The maximum Gasteiger partial charge on any atom is 0.171 e. The first kappa shape index (κ1) is 22.5. The van der Waals surface area contributed by atoms with Crippen LogP contribution in [0.25, 0.3) is 11.8 Å². The van der Waals surface area contributed by atoms with Crippen molar-refractivity contribution in [2.24, 2.45) is 5.16 Å². The summed E-state index contributed by atoms with van der Waals surface area (Å²) < 4.78 is 20.9. The van der Waals surface area contributed by atoms with Crippen LogP contribution in [-0.4, -0.2) is 50.9 Å². The zero-order valence-electron chi connectivity index (χ0n) is 18.6. The first-order valence-corrected chi connectivity index (χ1v) is 10.8. The Morgan fingerprint density at radius 3 is 2.67 bits per heavy atom. The zero-order chi connectivity index (χ0) is 23.4. The van der Waals surface area contributed by atoms with Crippen molar-refractivity contribution in [1.82, 2.24) is 14.5 Å². The molecule has 1 aliphatic rings. The Balaban J connectivity index is 1.65. The van der Waals surface area contributed by atoms with Crippen LogP contribution < -0.4 is 4.74 Å². The molecule has 1 aliphatic heterocycles. The van der Waals surface area contributed by atoms with Crippen molar-refractivity contribution in [1.29, 1.82) is 0 Å². The lowest BCUT2D eigenvalue weighted by atomic mass is 9.96. The number of halogens is 1. The number of ether oxygens (including phenoxy) is 1. The highest BCUT2D eigenvalue weighted by atomic mass is 19.1. The van der Waals surface area contributed by atoms with Crippen molar-refractivity contribution in [2.45, 2.75) is 25.8 Å². The van der Waals surface area contributed by atoms with Gasteiger partial charge in [-0.15, -0.1) is 0 Å². The quantitative estimate of drug-likeness (QED) is 0.432. The molecule has 7 nitrogen and oxygen atoms in total. The monoisotopic (exact) mass is 450 g/mol. The third-order valence-corrected chi connectivity index (χ3v) is 5.84. The Labute approximate surface area is 192 Å². The number of hydrogen-bond acceptors (Lipinski definition) is 5. The average Bonchev–Trinajstić information content (AvgIpc) is 3.27. The van der Waals surface area contributed by atoms with E-state index in [9.17, 15) is 14.7 Å². The molecular formula is C25H27FN4O3. The minimum atomic E-state index is -0.443. The highest BCUT2D eigenvalue weighted by Gasteiger charge is 2.29. The van der Waals surface area contributed by atoms with Gasteiger partial charge in [0, 0.05) is 12.7 Å². The molecule has 1 atom stereocenters. The minimum Gasteiger partial charge on any atom is -0.495 e. The summed E-state index contributed by atoms with van der Waals surface area (Å²) in [6.07, 6.45) is 7.18. The van der Waals surface area contributed by atoms with E-state index < -0.39 is 6.04 Å². The number of nitrogens with zero attached hydrogens (tertiary/aromatic N) is 4. The summed E-state index contributed by atoms with van der Waals surface area (Å²) in [5.74, 6) is 0.753. The van der Waals surface area contributed by atoms with E-state index in [1.165, 1.54) is 12.1 Å². The van der Waals surface area contributed by atoms with Crippen LogP contribution in [0.2, 0.25) is 0 Å². The molecule has 3 aromatic rings. The normalized spacial score (nSPS) is 17.5. The van der Waals surface area contributed by atoms with E-state index >= 15 is 0 Å². The fourth-order valence-corrected chi connectivity index (χ4v) is 4.22. The molecule has 2 heterocycles. The van der Waals surface area contributed by atoms with Crippen molar-refractivity contribution in [3.8, 4) is 11.4 Å². The average molecular weight is 451 g/mol. The second-order valence-corrected chi connectivity index (χ2v) is 7.99. The van der Waals surface area contributed by atoms with E-state index in [-0.39, 0.29) is 12.4 Å². The number of aromatic nitrogens is 2. The van der Waals surface area contributed by atoms with Crippen LogP contribution in [0, 0.1) is 12.7 Å². The second-order valence-electron chi connectivity index (χ2n) is 7.99. The van der Waals surface area contributed by atoms with Gasteiger partial charge in [-0.3, -0.25) is 0 Å². The lowest BCUT2D eigenvalue weighted by Crippen LogP contribution is -2.41. The van der Waals surface area contributed by atoms with E-state index in [1.54, 1.807) is 25.6 Å². The number of rotatable bonds is 6. The van der Waals surface area contributed by atoms with Gasteiger partial charge >= 0.3 is 0 Å².